The largest absolute Gasteiger partial charge is 0.373 e. The summed E-state index contributed by atoms with van der Waals surface area (Å²) in [4.78, 5) is 19.3. The molecular formula is C25H35N3O. The summed E-state index contributed by atoms with van der Waals surface area (Å²) in [5.74, 6) is 0.0331. The van der Waals surface area contributed by atoms with Crippen molar-refractivity contribution < 1.29 is 4.79 Å². The maximum Gasteiger partial charge on any atom is 0.185 e. The summed E-state index contributed by atoms with van der Waals surface area (Å²) in [7, 11) is 6.25. The molecule has 29 heavy (non-hydrogen) atoms. The van der Waals surface area contributed by atoms with Gasteiger partial charge in [-0.2, -0.15) is 0 Å². The number of carbonyl (C=O) groups excluding carboxylic acids is 1. The van der Waals surface area contributed by atoms with Gasteiger partial charge in [0.25, 0.3) is 0 Å². The maximum absolute atomic E-state index is 12.5. The molecule has 0 amide bonds. The highest BCUT2D eigenvalue weighted by Gasteiger charge is 2.05. The fraction of sp³-hybridized carbons (Fsp3) is 0.400. The lowest BCUT2D eigenvalue weighted by molar-refractivity contribution is 0.104. The predicted octanol–water partition coefficient (Wildman–Crippen LogP) is 4.42. The van der Waals surface area contributed by atoms with Crippen LogP contribution in [0.15, 0.2) is 54.6 Å². The van der Waals surface area contributed by atoms with Gasteiger partial charge in [-0.25, -0.2) is 0 Å². The van der Waals surface area contributed by atoms with Crippen molar-refractivity contribution in [2.24, 2.45) is 0 Å². The maximum atomic E-state index is 12.5. The average Bonchev–Trinajstić information content (AvgIpc) is 2.74. The lowest BCUT2D eigenvalue weighted by atomic mass is 10.1. The Hall–Kier alpha value is -2.43. The summed E-state index contributed by atoms with van der Waals surface area (Å²) in [6.45, 7) is 9.28. The van der Waals surface area contributed by atoms with E-state index in [0.29, 0.717) is 0 Å². The van der Waals surface area contributed by atoms with E-state index in [4.69, 9.17) is 0 Å². The summed E-state index contributed by atoms with van der Waals surface area (Å²) in [6.07, 6.45) is 3.56. The van der Waals surface area contributed by atoms with E-state index in [1.807, 2.05) is 30.3 Å². The van der Waals surface area contributed by atoms with Gasteiger partial charge in [-0.1, -0.05) is 56.3 Å². The molecule has 0 spiro atoms. The van der Waals surface area contributed by atoms with Crippen molar-refractivity contribution in [2.45, 2.75) is 20.4 Å². The van der Waals surface area contributed by atoms with E-state index in [1.165, 1.54) is 5.56 Å². The van der Waals surface area contributed by atoms with Crippen LogP contribution in [0.5, 0.6) is 0 Å². The van der Waals surface area contributed by atoms with Crippen molar-refractivity contribution in [2.75, 3.05) is 52.2 Å². The number of likely N-dealkylation sites (N-methyl/N-ethyl adjacent to an activating group) is 2. The van der Waals surface area contributed by atoms with Crippen molar-refractivity contribution in [1.82, 2.24) is 9.80 Å². The molecule has 4 heteroatoms. The first-order chi connectivity index (χ1) is 13.9. The third kappa shape index (κ3) is 7.48. The van der Waals surface area contributed by atoms with Crippen LogP contribution in [-0.2, 0) is 6.54 Å². The van der Waals surface area contributed by atoms with Gasteiger partial charge in [0, 0.05) is 37.9 Å². The molecule has 2 rings (SSSR count). The number of allylic oxidation sites excluding steroid dienone is 1. The third-order valence-corrected chi connectivity index (χ3v) is 5.16. The van der Waals surface area contributed by atoms with E-state index in [-0.39, 0.29) is 5.78 Å². The first-order valence-electron chi connectivity index (χ1n) is 10.4. The molecule has 0 aliphatic carbocycles. The second kappa shape index (κ2) is 11.5. The molecule has 0 unspecified atom stereocenters. The number of benzene rings is 2. The standard InChI is InChI=1S/C25H35N3O/c1-6-28(7-2)20-22-11-14-23(15-12-22)25(29)16-13-21-9-8-10-24(19-21)27(5)18-17-26(3)4/h8-16,19H,6-7,17-18,20H2,1-5H3/b16-13+. The van der Waals surface area contributed by atoms with Gasteiger partial charge in [0.05, 0.1) is 0 Å². The highest BCUT2D eigenvalue weighted by atomic mass is 16.1. The van der Waals surface area contributed by atoms with E-state index in [1.54, 1.807) is 6.08 Å². The minimum Gasteiger partial charge on any atom is -0.373 e. The molecule has 0 radical (unpaired) electrons. The Morgan fingerprint density at radius 1 is 0.931 bits per heavy atom. The van der Waals surface area contributed by atoms with Crippen LogP contribution in [0, 0.1) is 0 Å². The Morgan fingerprint density at radius 2 is 1.62 bits per heavy atom. The minimum absolute atomic E-state index is 0.0331. The van der Waals surface area contributed by atoms with E-state index in [2.05, 4.69) is 74.0 Å². The highest BCUT2D eigenvalue weighted by molar-refractivity contribution is 6.06. The molecule has 2 aromatic carbocycles. The van der Waals surface area contributed by atoms with Gasteiger partial charge in [0.2, 0.25) is 0 Å². The van der Waals surface area contributed by atoms with Crippen LogP contribution < -0.4 is 4.90 Å². The Labute approximate surface area is 176 Å². The van der Waals surface area contributed by atoms with Gasteiger partial charge in [-0.15, -0.1) is 0 Å². The van der Waals surface area contributed by atoms with Crippen molar-refractivity contribution >= 4 is 17.5 Å². The second-order valence-electron chi connectivity index (χ2n) is 7.68. The van der Waals surface area contributed by atoms with E-state index in [9.17, 15) is 4.79 Å². The number of carbonyl (C=O) groups is 1. The van der Waals surface area contributed by atoms with Crippen LogP contribution in [0.4, 0.5) is 5.69 Å². The fourth-order valence-corrected chi connectivity index (χ4v) is 3.09. The molecular weight excluding hydrogens is 358 g/mol. The minimum atomic E-state index is 0.0331. The van der Waals surface area contributed by atoms with Gasteiger partial charge in [-0.3, -0.25) is 9.69 Å². The Bertz CT molecular complexity index is 792. The molecule has 0 atom stereocenters. The Morgan fingerprint density at radius 3 is 2.24 bits per heavy atom. The summed E-state index contributed by atoms with van der Waals surface area (Å²) in [5, 5.41) is 0. The highest BCUT2D eigenvalue weighted by Crippen LogP contribution is 2.16. The first-order valence-corrected chi connectivity index (χ1v) is 10.4. The third-order valence-electron chi connectivity index (χ3n) is 5.16. The number of hydrogen-bond acceptors (Lipinski definition) is 4. The molecule has 0 aliphatic heterocycles. The van der Waals surface area contributed by atoms with E-state index < -0.39 is 0 Å². The molecule has 0 heterocycles. The van der Waals surface area contributed by atoms with Crippen LogP contribution in [0.2, 0.25) is 0 Å². The molecule has 0 saturated heterocycles. The molecule has 0 fully saturated rings. The zero-order valence-electron chi connectivity index (χ0n) is 18.6. The topological polar surface area (TPSA) is 26.8 Å². The SMILES string of the molecule is CCN(CC)Cc1ccc(C(=O)/C=C/c2cccc(N(C)CCN(C)C)c2)cc1. The Kier molecular flexibility index (Phi) is 9.10. The zero-order valence-corrected chi connectivity index (χ0v) is 18.6. The van der Waals surface area contributed by atoms with Crippen molar-refractivity contribution in [1.29, 1.82) is 0 Å². The summed E-state index contributed by atoms with van der Waals surface area (Å²) in [5.41, 5.74) is 4.15. The molecule has 156 valence electrons. The summed E-state index contributed by atoms with van der Waals surface area (Å²) in [6, 6.07) is 16.2. The number of rotatable bonds is 11. The van der Waals surface area contributed by atoms with Crippen LogP contribution in [0.25, 0.3) is 6.08 Å². The number of hydrogen-bond donors (Lipinski definition) is 0. The molecule has 4 nitrogen and oxygen atoms in total. The Balaban J connectivity index is 2.00. The predicted molar refractivity (Wildman–Crippen MR) is 125 cm³/mol. The number of anilines is 1. The average molecular weight is 394 g/mol. The van der Waals surface area contributed by atoms with Crippen LogP contribution >= 0.6 is 0 Å². The van der Waals surface area contributed by atoms with Crippen LogP contribution in [0.1, 0.15) is 35.3 Å². The van der Waals surface area contributed by atoms with Gasteiger partial charge in [0.15, 0.2) is 5.78 Å². The van der Waals surface area contributed by atoms with Crippen molar-refractivity contribution in [3.8, 4) is 0 Å². The second-order valence-corrected chi connectivity index (χ2v) is 7.68. The van der Waals surface area contributed by atoms with Gasteiger partial charge in [0.1, 0.15) is 0 Å². The van der Waals surface area contributed by atoms with Crippen molar-refractivity contribution in [3.05, 3.63) is 71.3 Å². The van der Waals surface area contributed by atoms with E-state index >= 15 is 0 Å². The number of nitrogens with zero attached hydrogens (tertiary/aromatic N) is 3. The number of ketones is 1. The normalized spacial score (nSPS) is 11.6. The van der Waals surface area contributed by atoms with E-state index in [0.717, 1.165) is 49.5 Å². The molecule has 2 aromatic rings. The molecule has 0 aliphatic rings. The summed E-state index contributed by atoms with van der Waals surface area (Å²) >= 11 is 0. The quantitative estimate of drug-likeness (QED) is 0.417. The monoisotopic (exact) mass is 393 g/mol. The molecule has 0 aromatic heterocycles. The molecule has 0 bridgehead atoms. The lowest BCUT2D eigenvalue weighted by Crippen LogP contribution is -2.28. The lowest BCUT2D eigenvalue weighted by Gasteiger charge is -2.21. The van der Waals surface area contributed by atoms with Crippen molar-refractivity contribution in [3.63, 3.8) is 0 Å². The van der Waals surface area contributed by atoms with Crippen LogP contribution in [-0.4, -0.2) is 62.9 Å². The van der Waals surface area contributed by atoms with Gasteiger partial charge < -0.3 is 9.80 Å². The van der Waals surface area contributed by atoms with Gasteiger partial charge in [-0.05, 0) is 56.5 Å². The van der Waals surface area contributed by atoms with Crippen LogP contribution in [0.3, 0.4) is 0 Å². The smallest absolute Gasteiger partial charge is 0.185 e. The molecule has 0 N–H and O–H groups in total. The first kappa shape index (κ1) is 22.9. The fourth-order valence-electron chi connectivity index (χ4n) is 3.09. The molecule has 0 saturated carbocycles. The summed E-state index contributed by atoms with van der Waals surface area (Å²) < 4.78 is 0. The van der Waals surface area contributed by atoms with Gasteiger partial charge >= 0.3 is 0 Å². The zero-order chi connectivity index (χ0) is 21.2.